The molecule has 2 atom stereocenters. The lowest BCUT2D eigenvalue weighted by Crippen LogP contribution is -2.53. The summed E-state index contributed by atoms with van der Waals surface area (Å²) in [7, 11) is 7.42. The van der Waals surface area contributed by atoms with Crippen LogP contribution in [0.25, 0.3) is 0 Å². The molecule has 5 heteroatoms. The lowest BCUT2D eigenvalue weighted by molar-refractivity contribution is 0.110. The Balaban J connectivity index is 3.45. The molecule has 3 N–H and O–H groups in total. The van der Waals surface area contributed by atoms with E-state index in [1.807, 2.05) is 18.2 Å². The minimum absolute atomic E-state index is 0.117. The molecule has 2 unspecified atom stereocenters. The van der Waals surface area contributed by atoms with Gasteiger partial charge in [0.2, 0.25) is 0 Å². The van der Waals surface area contributed by atoms with Crippen LogP contribution in [-0.2, 0) is 0 Å². The number of hydrogen-bond donors (Lipinski definition) is 2. The van der Waals surface area contributed by atoms with E-state index in [0.717, 1.165) is 23.5 Å². The van der Waals surface area contributed by atoms with Crippen LogP contribution in [0.2, 0.25) is 0 Å². The molecule has 114 valence electrons. The molecule has 0 saturated carbocycles. The molecule has 1 aromatic carbocycles. The average Bonchev–Trinajstić information content (AvgIpc) is 2.47. The number of benzene rings is 1. The smallest absolute Gasteiger partial charge is 0.127 e. The van der Waals surface area contributed by atoms with Gasteiger partial charge in [0.05, 0.1) is 25.8 Å². The summed E-state index contributed by atoms with van der Waals surface area (Å²) in [4.78, 5) is 2.17. The third kappa shape index (κ3) is 2.90. The third-order valence-electron chi connectivity index (χ3n) is 4.28. The highest BCUT2D eigenvalue weighted by atomic mass is 16.5. The highest BCUT2D eigenvalue weighted by Gasteiger charge is 2.38. The largest absolute Gasteiger partial charge is 0.496 e. The second-order valence-corrected chi connectivity index (χ2v) is 5.28. The molecule has 0 heterocycles. The lowest BCUT2D eigenvalue weighted by atomic mass is 9.83. The highest BCUT2D eigenvalue weighted by Crippen LogP contribution is 2.41. The van der Waals surface area contributed by atoms with Crippen LogP contribution in [0.5, 0.6) is 11.5 Å². The number of nitrogens with two attached hydrogens (primary N) is 1. The molecule has 0 saturated heterocycles. The molecule has 0 fully saturated rings. The van der Waals surface area contributed by atoms with Gasteiger partial charge in [-0.3, -0.25) is 11.3 Å². The molecule has 1 rings (SSSR count). The van der Waals surface area contributed by atoms with Crippen LogP contribution in [0, 0.1) is 0 Å². The molecular weight excluding hydrogens is 254 g/mol. The molecule has 20 heavy (non-hydrogen) atoms. The minimum atomic E-state index is -0.170. The van der Waals surface area contributed by atoms with Crippen molar-refractivity contribution >= 4 is 0 Å². The molecule has 0 aromatic heterocycles. The fraction of sp³-hybridized carbons (Fsp3) is 0.600. The van der Waals surface area contributed by atoms with Gasteiger partial charge in [-0.05, 0) is 39.6 Å². The molecule has 0 aliphatic rings. The first-order valence-corrected chi connectivity index (χ1v) is 6.80. The van der Waals surface area contributed by atoms with Gasteiger partial charge in [-0.15, -0.1) is 0 Å². The number of rotatable bonds is 7. The zero-order valence-corrected chi connectivity index (χ0v) is 13.4. The van der Waals surface area contributed by atoms with Crippen molar-refractivity contribution in [3.8, 4) is 11.5 Å². The van der Waals surface area contributed by atoms with Crippen molar-refractivity contribution in [2.24, 2.45) is 5.84 Å². The van der Waals surface area contributed by atoms with Crippen LogP contribution >= 0.6 is 0 Å². The van der Waals surface area contributed by atoms with Crippen LogP contribution in [-0.4, -0.2) is 38.8 Å². The van der Waals surface area contributed by atoms with Crippen molar-refractivity contribution in [1.29, 1.82) is 0 Å². The Labute approximate surface area is 122 Å². The maximum absolute atomic E-state index is 5.86. The van der Waals surface area contributed by atoms with Crippen molar-refractivity contribution in [3.05, 3.63) is 23.8 Å². The average molecular weight is 281 g/mol. The van der Waals surface area contributed by atoms with E-state index in [9.17, 15) is 0 Å². The van der Waals surface area contributed by atoms with Crippen LogP contribution in [0.4, 0.5) is 0 Å². The summed E-state index contributed by atoms with van der Waals surface area (Å²) in [6.07, 6.45) is 0.927. The number of hydrazine groups is 1. The van der Waals surface area contributed by atoms with Crippen LogP contribution in [0.15, 0.2) is 18.2 Å². The Bertz CT molecular complexity index is 415. The lowest BCUT2D eigenvalue weighted by Gasteiger charge is -2.43. The van der Waals surface area contributed by atoms with Gasteiger partial charge < -0.3 is 14.4 Å². The molecule has 0 radical (unpaired) electrons. The van der Waals surface area contributed by atoms with E-state index in [2.05, 4.69) is 38.3 Å². The van der Waals surface area contributed by atoms with Gasteiger partial charge in [0.15, 0.2) is 0 Å². The standard InChI is InChI=1S/C15H27N3O2/c1-7-15(2,18(3)4)14(17-16)13-11(19-5)9-8-10-12(13)20-6/h8-10,14,17H,7,16H2,1-6H3. The van der Waals surface area contributed by atoms with Gasteiger partial charge in [0.25, 0.3) is 0 Å². The second-order valence-electron chi connectivity index (χ2n) is 5.28. The number of likely N-dealkylation sites (N-methyl/N-ethyl adjacent to an activating group) is 1. The number of methoxy groups -OCH3 is 2. The minimum Gasteiger partial charge on any atom is -0.496 e. The zero-order chi connectivity index (χ0) is 15.3. The van der Waals surface area contributed by atoms with E-state index in [1.54, 1.807) is 14.2 Å². The van der Waals surface area contributed by atoms with Crippen molar-refractivity contribution in [2.75, 3.05) is 28.3 Å². The predicted octanol–water partition coefficient (Wildman–Crippen LogP) is 1.94. The molecule has 0 aliphatic heterocycles. The summed E-state index contributed by atoms with van der Waals surface area (Å²) >= 11 is 0. The number of ether oxygens (including phenoxy) is 2. The molecule has 0 aliphatic carbocycles. The van der Waals surface area contributed by atoms with Gasteiger partial charge in [-0.2, -0.15) is 0 Å². The number of nitrogens with zero attached hydrogens (tertiary/aromatic N) is 1. The Kier molecular flexibility index (Phi) is 5.80. The molecule has 1 aromatic rings. The summed E-state index contributed by atoms with van der Waals surface area (Å²) in [5, 5.41) is 0. The van der Waals surface area contributed by atoms with E-state index in [1.165, 1.54) is 0 Å². The highest BCUT2D eigenvalue weighted by molar-refractivity contribution is 5.48. The third-order valence-corrected chi connectivity index (χ3v) is 4.28. The van der Waals surface area contributed by atoms with E-state index in [4.69, 9.17) is 15.3 Å². The van der Waals surface area contributed by atoms with Crippen LogP contribution in [0.1, 0.15) is 31.9 Å². The van der Waals surface area contributed by atoms with Crippen molar-refractivity contribution < 1.29 is 9.47 Å². The summed E-state index contributed by atoms with van der Waals surface area (Å²) in [6, 6.07) is 5.64. The topological polar surface area (TPSA) is 59.8 Å². The fourth-order valence-corrected chi connectivity index (χ4v) is 2.52. The van der Waals surface area contributed by atoms with Crippen molar-refractivity contribution in [1.82, 2.24) is 10.3 Å². The molecule has 0 bridgehead atoms. The Morgan fingerprint density at radius 2 is 1.75 bits per heavy atom. The number of hydrogen-bond acceptors (Lipinski definition) is 5. The Hall–Kier alpha value is -1.30. The molecular formula is C15H27N3O2. The second kappa shape index (κ2) is 6.92. The van der Waals surface area contributed by atoms with Crippen molar-refractivity contribution in [3.63, 3.8) is 0 Å². The van der Waals surface area contributed by atoms with Gasteiger partial charge in [-0.1, -0.05) is 13.0 Å². The zero-order valence-electron chi connectivity index (χ0n) is 13.4. The molecule has 0 amide bonds. The van der Waals surface area contributed by atoms with Gasteiger partial charge in [0.1, 0.15) is 11.5 Å². The quantitative estimate of drug-likeness (QED) is 0.591. The summed E-state index contributed by atoms with van der Waals surface area (Å²) in [6.45, 7) is 4.32. The fourth-order valence-electron chi connectivity index (χ4n) is 2.52. The monoisotopic (exact) mass is 281 g/mol. The Morgan fingerprint density at radius 1 is 1.25 bits per heavy atom. The van der Waals surface area contributed by atoms with E-state index >= 15 is 0 Å². The number of nitrogens with one attached hydrogen (secondary N) is 1. The predicted molar refractivity (Wildman–Crippen MR) is 82.0 cm³/mol. The van der Waals surface area contributed by atoms with E-state index in [0.29, 0.717) is 0 Å². The first-order chi connectivity index (χ1) is 9.46. The maximum Gasteiger partial charge on any atom is 0.127 e. The van der Waals surface area contributed by atoms with Crippen molar-refractivity contribution in [2.45, 2.75) is 31.8 Å². The Morgan fingerprint density at radius 3 is 2.05 bits per heavy atom. The summed E-state index contributed by atoms with van der Waals surface area (Å²) < 4.78 is 11.0. The van der Waals surface area contributed by atoms with Gasteiger partial charge in [0, 0.05) is 5.54 Å². The van der Waals surface area contributed by atoms with E-state index < -0.39 is 0 Å². The van der Waals surface area contributed by atoms with Crippen LogP contribution in [0.3, 0.4) is 0 Å². The van der Waals surface area contributed by atoms with Gasteiger partial charge in [-0.25, -0.2) is 0 Å². The normalized spacial score (nSPS) is 15.8. The molecule has 5 nitrogen and oxygen atoms in total. The van der Waals surface area contributed by atoms with Crippen LogP contribution < -0.4 is 20.7 Å². The first kappa shape index (κ1) is 16.8. The summed E-state index contributed by atoms with van der Waals surface area (Å²) in [5.41, 5.74) is 3.71. The maximum atomic E-state index is 5.86. The summed E-state index contributed by atoms with van der Waals surface area (Å²) in [5.74, 6) is 7.41. The van der Waals surface area contributed by atoms with Gasteiger partial charge >= 0.3 is 0 Å². The molecule has 0 spiro atoms. The SMILES string of the molecule is CCC(C)(C(NN)c1c(OC)cccc1OC)N(C)C. The van der Waals surface area contributed by atoms with E-state index in [-0.39, 0.29) is 11.6 Å². The first-order valence-electron chi connectivity index (χ1n) is 6.80.